The average Bonchev–Trinajstić information content (AvgIpc) is 1.78. The van der Waals surface area contributed by atoms with Crippen molar-refractivity contribution in [2.75, 3.05) is 19.8 Å². The van der Waals surface area contributed by atoms with Gasteiger partial charge in [-0.05, 0) is 50.6 Å². The molecule has 1 N–H and O–H groups in total. The molecule has 0 aliphatic carbocycles. The summed E-state index contributed by atoms with van der Waals surface area (Å²) in [5.74, 6) is 0. The number of aliphatic hydroxyl groups excluding tert-OH is 1. The predicted molar refractivity (Wildman–Crippen MR) is 330 cm³/mol. The number of rotatable bonds is 31. The largest absolute Gasteiger partial charge is 0.493 e. The van der Waals surface area contributed by atoms with E-state index in [9.17, 15) is 5.11 Å². The van der Waals surface area contributed by atoms with Crippen LogP contribution in [0, 0.1) is 0 Å². The molecule has 14 nitrogen and oxygen atoms in total. The summed E-state index contributed by atoms with van der Waals surface area (Å²) in [6.45, 7) is 1.94. The van der Waals surface area contributed by atoms with Gasteiger partial charge in [-0.3, -0.25) is 0 Å². The number of aliphatic hydroxyl groups is 1. The fraction of sp³-hybridized carbons (Fsp3) is 0.324. The quantitative estimate of drug-likeness (QED) is 0.0441. The molecule has 2 saturated heterocycles. The zero-order valence-electron chi connectivity index (χ0n) is 49.3. The Labute approximate surface area is 516 Å². The monoisotopic (exact) mass is 1190 g/mol. The van der Waals surface area contributed by atoms with E-state index in [4.69, 9.17) is 61.6 Å². The molecule has 3 aliphatic heterocycles. The Hall–Kier alpha value is -7.22. The molecule has 5 unspecified atom stereocenters. The zero-order valence-corrected chi connectivity index (χ0v) is 49.3. The summed E-state index contributed by atoms with van der Waals surface area (Å²) in [4.78, 5) is 0. The lowest BCUT2D eigenvalue weighted by Gasteiger charge is -2.50. The molecule has 11 rings (SSSR count). The molecule has 0 aromatic heterocycles. The van der Waals surface area contributed by atoms with Crippen LogP contribution in [0.25, 0.3) is 0 Å². The van der Waals surface area contributed by atoms with Crippen LogP contribution in [0.1, 0.15) is 44.5 Å². The van der Waals surface area contributed by atoms with Gasteiger partial charge in [0.2, 0.25) is 0 Å². The van der Waals surface area contributed by atoms with Gasteiger partial charge in [-0.25, -0.2) is 0 Å². The van der Waals surface area contributed by atoms with Crippen LogP contribution in [0.5, 0.6) is 0 Å². The van der Waals surface area contributed by atoms with Gasteiger partial charge in [-0.1, -0.05) is 243 Å². The van der Waals surface area contributed by atoms with E-state index in [1.165, 1.54) is 0 Å². The lowest BCUT2D eigenvalue weighted by molar-refractivity contribution is -0.382. The van der Waals surface area contributed by atoms with E-state index in [0.29, 0.717) is 13.2 Å². The molecule has 458 valence electrons. The highest BCUT2D eigenvalue weighted by Crippen LogP contribution is 2.38. The zero-order chi connectivity index (χ0) is 59.8. The summed E-state index contributed by atoms with van der Waals surface area (Å²) in [5.41, 5.74) is 7.55. The lowest BCUT2D eigenvalue weighted by atomic mass is 9.95. The molecule has 3 aliphatic rings. The Morgan fingerprint density at radius 2 is 0.580 bits per heavy atom. The van der Waals surface area contributed by atoms with Gasteiger partial charge in [0.05, 0.1) is 78.9 Å². The summed E-state index contributed by atoms with van der Waals surface area (Å²) in [6, 6.07) is 79.3. The minimum atomic E-state index is -1.30. The summed E-state index contributed by atoms with van der Waals surface area (Å²) in [5, 5.41) is 13.0. The molecule has 0 saturated carbocycles. The van der Waals surface area contributed by atoms with Gasteiger partial charge in [0.25, 0.3) is 0 Å². The minimum absolute atomic E-state index is 0.00805. The Kier molecular flexibility index (Phi) is 23.7. The third-order valence-corrected chi connectivity index (χ3v) is 15.6. The van der Waals surface area contributed by atoms with Gasteiger partial charge >= 0.3 is 0 Å². The van der Waals surface area contributed by atoms with Crippen LogP contribution < -0.4 is 0 Å². The van der Waals surface area contributed by atoms with E-state index < -0.39 is 79.7 Å². The minimum Gasteiger partial charge on any atom is -0.493 e. The second-order valence-corrected chi connectivity index (χ2v) is 22.1. The maximum absolute atomic E-state index is 13.0. The second kappa shape index (κ2) is 33.4. The van der Waals surface area contributed by atoms with E-state index >= 15 is 0 Å². The molecule has 0 amide bonds. The van der Waals surface area contributed by atoms with E-state index in [0.717, 1.165) is 44.5 Å². The van der Waals surface area contributed by atoms with E-state index in [-0.39, 0.29) is 59.5 Å². The molecule has 8 aromatic carbocycles. The first-order chi connectivity index (χ1) is 43.6. The van der Waals surface area contributed by atoms with Crippen LogP contribution in [0.15, 0.2) is 255 Å². The molecule has 0 bridgehead atoms. The molecule has 14 heteroatoms. The number of hydrogen-bond acceptors (Lipinski definition) is 14. The Morgan fingerprint density at radius 3 is 0.977 bits per heavy atom. The van der Waals surface area contributed by atoms with Crippen molar-refractivity contribution in [3.63, 3.8) is 0 Å². The lowest BCUT2D eigenvalue weighted by Crippen LogP contribution is -2.67. The van der Waals surface area contributed by atoms with Crippen molar-refractivity contribution in [3.8, 4) is 0 Å². The highest BCUT2D eigenvalue weighted by molar-refractivity contribution is 5.20. The summed E-state index contributed by atoms with van der Waals surface area (Å²) < 4.78 is 90.2. The topological polar surface area (TPSA) is 140 Å². The Morgan fingerprint density at radius 1 is 0.284 bits per heavy atom. The normalized spacial score (nSPS) is 25.2. The van der Waals surface area contributed by atoms with Crippen molar-refractivity contribution in [1.29, 1.82) is 0 Å². The van der Waals surface area contributed by atoms with E-state index in [2.05, 4.69) is 0 Å². The van der Waals surface area contributed by atoms with Crippen LogP contribution in [-0.2, 0) is 114 Å². The van der Waals surface area contributed by atoms with E-state index in [1.54, 1.807) is 6.26 Å². The van der Waals surface area contributed by atoms with Crippen LogP contribution in [-0.4, -0.2) is 105 Å². The van der Waals surface area contributed by atoms with Crippen LogP contribution in [0.4, 0.5) is 0 Å². The smallest absolute Gasteiger partial charge is 0.187 e. The molecule has 0 spiro atoms. The average molecular weight is 1190 g/mol. The van der Waals surface area contributed by atoms with E-state index in [1.807, 2.05) is 249 Å². The van der Waals surface area contributed by atoms with Crippen molar-refractivity contribution in [3.05, 3.63) is 300 Å². The third kappa shape index (κ3) is 18.2. The van der Waals surface area contributed by atoms with Crippen molar-refractivity contribution >= 4 is 0 Å². The van der Waals surface area contributed by atoms with Crippen LogP contribution >= 0.6 is 0 Å². The molecular weight excluding hydrogens is 1110 g/mol. The Balaban J connectivity index is 0.974. The van der Waals surface area contributed by atoms with Gasteiger partial charge in [-0.2, -0.15) is 0 Å². The molecular formula is C74H78O14. The van der Waals surface area contributed by atoms with Crippen molar-refractivity contribution in [2.45, 2.75) is 133 Å². The van der Waals surface area contributed by atoms with Crippen molar-refractivity contribution in [1.82, 2.24) is 0 Å². The fourth-order valence-electron chi connectivity index (χ4n) is 11.0. The fourth-order valence-corrected chi connectivity index (χ4v) is 11.0. The summed E-state index contributed by atoms with van der Waals surface area (Å²) in [7, 11) is 0. The van der Waals surface area contributed by atoms with Crippen LogP contribution in [0.3, 0.4) is 0 Å². The van der Waals surface area contributed by atoms with Gasteiger partial charge in [0.1, 0.15) is 61.0 Å². The first kappa shape index (κ1) is 62.4. The Bertz CT molecular complexity index is 3210. The molecule has 13 atom stereocenters. The molecule has 2 fully saturated rings. The van der Waals surface area contributed by atoms with Gasteiger partial charge in [-0.15, -0.1) is 0 Å². The number of ether oxygens (including phenoxy) is 13. The maximum Gasteiger partial charge on any atom is 0.187 e. The molecule has 0 radical (unpaired) electrons. The first-order valence-corrected chi connectivity index (χ1v) is 30.3. The molecule has 88 heavy (non-hydrogen) atoms. The standard InChI is InChI=1S/C74H78O14/c75-66-68(81-47-58-33-17-5-18-34-58)64(52-77-44-55-27-11-2-12-28-55)85-73(70(66)82-48-59-35-19-6-20-36-59)88-69-65(53-78-45-56-29-13-3-14-30-56)86-74(72(84-50-61-39-23-8-24-40-61)71(69)83-49-60-37-21-7-22-38-60)87-67-62(80-46-57-31-15-4-16-32-57)41-42-79-63(67)51-76-43-54-25-9-1-10-26-54/h1-42,62-75H,43-53H2/t62-,63?,64?,65?,66-,67+,68-,69-,70?,71-,72?,73-,74-/m0/s1. The predicted octanol–water partition coefficient (Wildman–Crippen LogP) is 12.1. The first-order valence-electron chi connectivity index (χ1n) is 30.3. The van der Waals surface area contributed by atoms with Crippen LogP contribution in [0.2, 0.25) is 0 Å². The summed E-state index contributed by atoms with van der Waals surface area (Å²) >= 11 is 0. The van der Waals surface area contributed by atoms with Crippen molar-refractivity contribution < 1.29 is 66.7 Å². The number of benzene rings is 8. The maximum atomic E-state index is 13.0. The number of hydrogen-bond donors (Lipinski definition) is 1. The molecule has 3 heterocycles. The van der Waals surface area contributed by atoms with Gasteiger partial charge < -0.3 is 66.7 Å². The van der Waals surface area contributed by atoms with Gasteiger partial charge in [0, 0.05) is 0 Å². The van der Waals surface area contributed by atoms with Crippen molar-refractivity contribution in [2.24, 2.45) is 0 Å². The summed E-state index contributed by atoms with van der Waals surface area (Å²) in [6.07, 6.45) is -9.28. The second-order valence-electron chi connectivity index (χ2n) is 22.1. The SMILES string of the molecule is O[C@@H]1C(OCc2ccccc2)[C@H](O[C@H]2C(COCc3ccccc3)O[C@@H](O[C@H]3C(COCc4ccccc4)OC=C[C@@H]3OCc3ccccc3)C(OCc3ccccc3)[C@H]2OCc2ccccc2)OC(COCc2ccccc2)[C@@H]1OCc1ccccc1. The van der Waals surface area contributed by atoms with Gasteiger partial charge in [0.15, 0.2) is 18.7 Å². The highest BCUT2D eigenvalue weighted by atomic mass is 16.8. The third-order valence-electron chi connectivity index (χ3n) is 15.6. The highest BCUT2D eigenvalue weighted by Gasteiger charge is 2.55. The molecule has 8 aromatic rings.